The van der Waals surface area contributed by atoms with Crippen molar-refractivity contribution in [1.82, 2.24) is 10.3 Å². The first kappa shape index (κ1) is 16.2. The van der Waals surface area contributed by atoms with Crippen LogP contribution in [0.1, 0.15) is 31.4 Å². The van der Waals surface area contributed by atoms with Gasteiger partial charge in [-0.1, -0.05) is 13.8 Å². The van der Waals surface area contributed by atoms with Crippen molar-refractivity contribution < 1.29 is 4.74 Å². The predicted molar refractivity (Wildman–Crippen MR) is 87.7 cm³/mol. The number of aromatic nitrogens is 1. The predicted octanol–water partition coefficient (Wildman–Crippen LogP) is 2.61. The summed E-state index contributed by atoms with van der Waals surface area (Å²) in [6, 6.07) is 2.25. The zero-order chi connectivity index (χ0) is 15.2. The van der Waals surface area contributed by atoms with E-state index in [9.17, 15) is 0 Å². The Kier molecular flexibility index (Phi) is 6.00. The smallest absolute Gasteiger partial charge is 0.131 e. The van der Waals surface area contributed by atoms with Gasteiger partial charge in [0, 0.05) is 39.5 Å². The fourth-order valence-electron chi connectivity index (χ4n) is 2.92. The Hall–Kier alpha value is -1.13. The SMILES string of the molecule is COCCNCc1cnc(N2CCC(C)C(C)C2)c(C)c1. The molecule has 0 amide bonds. The molecule has 2 unspecified atom stereocenters. The fraction of sp³-hybridized carbons (Fsp3) is 0.706. The highest BCUT2D eigenvalue weighted by Gasteiger charge is 2.24. The summed E-state index contributed by atoms with van der Waals surface area (Å²) in [6.45, 7) is 11.6. The minimum absolute atomic E-state index is 0.744. The van der Waals surface area contributed by atoms with Crippen LogP contribution in [0.4, 0.5) is 5.82 Å². The van der Waals surface area contributed by atoms with E-state index >= 15 is 0 Å². The summed E-state index contributed by atoms with van der Waals surface area (Å²) in [4.78, 5) is 7.16. The fourth-order valence-corrected chi connectivity index (χ4v) is 2.92. The Morgan fingerprint density at radius 2 is 2.19 bits per heavy atom. The maximum absolute atomic E-state index is 5.04. The van der Waals surface area contributed by atoms with E-state index < -0.39 is 0 Å². The van der Waals surface area contributed by atoms with Crippen LogP contribution < -0.4 is 10.2 Å². The van der Waals surface area contributed by atoms with Crippen LogP contribution in [-0.4, -0.2) is 38.3 Å². The average Bonchev–Trinajstić information content (AvgIpc) is 2.47. The topological polar surface area (TPSA) is 37.4 Å². The number of ether oxygens (including phenoxy) is 1. The Balaban J connectivity index is 1.95. The van der Waals surface area contributed by atoms with Gasteiger partial charge in [0.2, 0.25) is 0 Å². The highest BCUT2D eigenvalue weighted by molar-refractivity contribution is 5.47. The molecule has 1 aromatic heterocycles. The molecule has 2 atom stereocenters. The van der Waals surface area contributed by atoms with Gasteiger partial charge in [0.05, 0.1) is 6.61 Å². The van der Waals surface area contributed by atoms with E-state index in [4.69, 9.17) is 9.72 Å². The van der Waals surface area contributed by atoms with Gasteiger partial charge >= 0.3 is 0 Å². The van der Waals surface area contributed by atoms with Crippen molar-refractivity contribution in [2.75, 3.05) is 38.3 Å². The summed E-state index contributed by atoms with van der Waals surface area (Å²) in [5.74, 6) is 2.73. The Bertz CT molecular complexity index is 450. The summed E-state index contributed by atoms with van der Waals surface area (Å²) in [7, 11) is 1.72. The summed E-state index contributed by atoms with van der Waals surface area (Å²) in [6.07, 6.45) is 3.27. The minimum atomic E-state index is 0.744. The van der Waals surface area contributed by atoms with Gasteiger partial charge < -0.3 is 15.0 Å². The normalized spacial score (nSPS) is 22.6. The average molecular weight is 291 g/mol. The van der Waals surface area contributed by atoms with Gasteiger partial charge in [0.25, 0.3) is 0 Å². The molecule has 0 aromatic carbocycles. The minimum Gasteiger partial charge on any atom is -0.383 e. The molecule has 118 valence electrons. The number of aryl methyl sites for hydroxylation is 1. The lowest BCUT2D eigenvalue weighted by molar-refractivity contribution is 0.199. The van der Waals surface area contributed by atoms with Gasteiger partial charge in [0.15, 0.2) is 0 Å². The quantitative estimate of drug-likeness (QED) is 0.818. The van der Waals surface area contributed by atoms with Gasteiger partial charge in [-0.15, -0.1) is 0 Å². The standard InChI is InChI=1S/C17H29N3O/c1-13-5-7-20(12-15(13)3)17-14(2)9-16(11-19-17)10-18-6-8-21-4/h9,11,13,15,18H,5-8,10,12H2,1-4H3. The molecule has 1 N–H and O–H groups in total. The number of piperidine rings is 1. The molecule has 0 bridgehead atoms. The lowest BCUT2D eigenvalue weighted by Gasteiger charge is -2.36. The number of anilines is 1. The molecule has 4 nitrogen and oxygen atoms in total. The molecule has 1 aliphatic rings. The third kappa shape index (κ3) is 4.42. The first-order chi connectivity index (χ1) is 10.1. The highest BCUT2D eigenvalue weighted by atomic mass is 16.5. The van der Waals surface area contributed by atoms with Crippen LogP contribution in [-0.2, 0) is 11.3 Å². The van der Waals surface area contributed by atoms with Crippen LogP contribution >= 0.6 is 0 Å². The van der Waals surface area contributed by atoms with E-state index in [1.807, 2.05) is 6.20 Å². The largest absolute Gasteiger partial charge is 0.383 e. The lowest BCUT2D eigenvalue weighted by Crippen LogP contribution is -2.39. The van der Waals surface area contributed by atoms with Crippen molar-refractivity contribution in [1.29, 1.82) is 0 Å². The molecule has 0 radical (unpaired) electrons. The van der Waals surface area contributed by atoms with Crippen molar-refractivity contribution in [3.8, 4) is 0 Å². The molecular weight excluding hydrogens is 262 g/mol. The molecule has 1 fully saturated rings. The van der Waals surface area contributed by atoms with Crippen molar-refractivity contribution in [3.05, 3.63) is 23.4 Å². The summed E-state index contributed by atoms with van der Waals surface area (Å²) >= 11 is 0. The summed E-state index contributed by atoms with van der Waals surface area (Å²) < 4.78 is 5.04. The zero-order valence-electron chi connectivity index (χ0n) is 13.9. The van der Waals surface area contributed by atoms with Gasteiger partial charge in [0.1, 0.15) is 5.82 Å². The van der Waals surface area contributed by atoms with E-state index in [1.165, 1.54) is 17.5 Å². The molecule has 2 rings (SSSR count). The molecule has 2 heterocycles. The number of rotatable bonds is 6. The Morgan fingerprint density at radius 3 is 2.86 bits per heavy atom. The second-order valence-electron chi connectivity index (χ2n) is 6.34. The summed E-state index contributed by atoms with van der Waals surface area (Å²) in [5, 5.41) is 3.36. The van der Waals surface area contributed by atoms with E-state index in [0.717, 1.165) is 50.4 Å². The van der Waals surface area contributed by atoms with Gasteiger partial charge in [-0.2, -0.15) is 0 Å². The van der Waals surface area contributed by atoms with E-state index in [0.29, 0.717) is 0 Å². The molecular formula is C17H29N3O. The second-order valence-corrected chi connectivity index (χ2v) is 6.34. The maximum atomic E-state index is 5.04. The number of methoxy groups -OCH3 is 1. The van der Waals surface area contributed by atoms with Crippen LogP contribution in [0.15, 0.2) is 12.3 Å². The van der Waals surface area contributed by atoms with Crippen LogP contribution in [0.5, 0.6) is 0 Å². The number of nitrogens with one attached hydrogen (secondary N) is 1. The number of pyridine rings is 1. The number of hydrogen-bond donors (Lipinski definition) is 1. The molecule has 4 heteroatoms. The molecule has 1 aromatic rings. The Morgan fingerprint density at radius 1 is 1.38 bits per heavy atom. The number of nitrogens with zero attached hydrogens (tertiary/aromatic N) is 2. The molecule has 0 aliphatic carbocycles. The van der Waals surface area contributed by atoms with Gasteiger partial charge in [-0.05, 0) is 42.4 Å². The monoisotopic (exact) mass is 291 g/mol. The third-order valence-corrected chi connectivity index (χ3v) is 4.55. The second kappa shape index (κ2) is 7.76. The first-order valence-corrected chi connectivity index (χ1v) is 8.02. The van der Waals surface area contributed by atoms with E-state index in [-0.39, 0.29) is 0 Å². The molecule has 21 heavy (non-hydrogen) atoms. The zero-order valence-corrected chi connectivity index (χ0v) is 13.9. The lowest BCUT2D eigenvalue weighted by atomic mass is 9.88. The van der Waals surface area contributed by atoms with Crippen LogP contribution in [0.25, 0.3) is 0 Å². The number of hydrogen-bond acceptors (Lipinski definition) is 4. The van der Waals surface area contributed by atoms with Crippen molar-refractivity contribution in [3.63, 3.8) is 0 Å². The van der Waals surface area contributed by atoms with E-state index in [2.05, 4.69) is 37.1 Å². The van der Waals surface area contributed by atoms with E-state index in [1.54, 1.807) is 7.11 Å². The van der Waals surface area contributed by atoms with Crippen molar-refractivity contribution >= 4 is 5.82 Å². The van der Waals surface area contributed by atoms with Gasteiger partial charge in [-0.25, -0.2) is 4.98 Å². The maximum Gasteiger partial charge on any atom is 0.131 e. The Labute approximate surface area is 128 Å². The van der Waals surface area contributed by atoms with Gasteiger partial charge in [-0.3, -0.25) is 0 Å². The van der Waals surface area contributed by atoms with Crippen LogP contribution in [0, 0.1) is 18.8 Å². The highest BCUT2D eigenvalue weighted by Crippen LogP contribution is 2.27. The molecule has 1 saturated heterocycles. The summed E-state index contributed by atoms with van der Waals surface area (Å²) in [5.41, 5.74) is 2.52. The van der Waals surface area contributed by atoms with Crippen LogP contribution in [0.3, 0.4) is 0 Å². The molecule has 0 spiro atoms. The molecule has 0 saturated carbocycles. The molecule has 1 aliphatic heterocycles. The van der Waals surface area contributed by atoms with Crippen molar-refractivity contribution in [2.45, 2.75) is 33.7 Å². The third-order valence-electron chi connectivity index (χ3n) is 4.55. The first-order valence-electron chi connectivity index (χ1n) is 8.02. The van der Waals surface area contributed by atoms with Crippen LogP contribution in [0.2, 0.25) is 0 Å². The van der Waals surface area contributed by atoms with Crippen molar-refractivity contribution in [2.24, 2.45) is 11.8 Å².